The minimum absolute atomic E-state index is 0.208. The lowest BCUT2D eigenvalue weighted by molar-refractivity contribution is 0.0783. The average Bonchev–Trinajstić information content (AvgIpc) is 2.48. The summed E-state index contributed by atoms with van der Waals surface area (Å²) in [6, 6.07) is 1.74. The van der Waals surface area contributed by atoms with Crippen molar-refractivity contribution in [1.82, 2.24) is 4.90 Å². The molecule has 5 heteroatoms. The van der Waals surface area contributed by atoms with Crippen molar-refractivity contribution in [3.05, 3.63) is 23.7 Å². The van der Waals surface area contributed by atoms with Crippen LogP contribution in [0.25, 0.3) is 0 Å². The van der Waals surface area contributed by atoms with Crippen molar-refractivity contribution in [2.24, 2.45) is 5.73 Å². The van der Waals surface area contributed by atoms with Gasteiger partial charge < -0.3 is 15.1 Å². The Kier molecular flexibility index (Phi) is 3.24. The number of hydrogen-bond donors (Lipinski definition) is 1. The average molecular weight is 212 g/mol. The zero-order chi connectivity index (χ0) is 10.7. The molecule has 4 nitrogen and oxygen atoms in total. The summed E-state index contributed by atoms with van der Waals surface area (Å²) in [5, 5.41) is 0. The van der Waals surface area contributed by atoms with Gasteiger partial charge in [-0.2, -0.15) is 0 Å². The Morgan fingerprint density at radius 3 is 2.79 bits per heavy atom. The van der Waals surface area contributed by atoms with Gasteiger partial charge in [-0.1, -0.05) is 12.2 Å². The second-order valence-corrected chi connectivity index (χ2v) is 3.58. The lowest BCUT2D eigenvalue weighted by atomic mass is 10.2. The van der Waals surface area contributed by atoms with E-state index in [1.807, 2.05) is 6.92 Å². The molecule has 14 heavy (non-hydrogen) atoms. The van der Waals surface area contributed by atoms with Gasteiger partial charge in [0, 0.05) is 12.6 Å². The topological polar surface area (TPSA) is 59.5 Å². The minimum Gasteiger partial charge on any atom is -0.459 e. The predicted molar refractivity (Wildman–Crippen MR) is 57.2 cm³/mol. The number of thiocarbonyl (C=S) groups is 1. The highest BCUT2D eigenvalue weighted by molar-refractivity contribution is 7.80. The van der Waals surface area contributed by atoms with Crippen molar-refractivity contribution in [3.8, 4) is 0 Å². The number of amides is 1. The highest BCUT2D eigenvalue weighted by atomic mass is 32.1. The van der Waals surface area contributed by atoms with E-state index in [-0.39, 0.29) is 17.4 Å². The van der Waals surface area contributed by atoms with Crippen molar-refractivity contribution in [1.29, 1.82) is 0 Å². The Labute approximate surface area is 87.7 Å². The summed E-state index contributed by atoms with van der Waals surface area (Å²) in [4.78, 5) is 13.4. The monoisotopic (exact) mass is 212 g/mol. The van der Waals surface area contributed by atoms with E-state index in [1.54, 1.807) is 13.1 Å². The lowest BCUT2D eigenvalue weighted by Gasteiger charge is -2.14. The van der Waals surface area contributed by atoms with Crippen molar-refractivity contribution < 1.29 is 9.21 Å². The van der Waals surface area contributed by atoms with Gasteiger partial charge in [0.05, 0.1) is 17.8 Å². The van der Waals surface area contributed by atoms with Crippen LogP contribution in [0.15, 0.2) is 16.7 Å². The maximum Gasteiger partial charge on any atom is 0.289 e. The fourth-order valence-electron chi connectivity index (χ4n) is 1.07. The number of likely N-dealkylation sites (N-methyl/N-ethyl adjacent to an activating group) is 1. The molecule has 1 aromatic heterocycles. The molecule has 0 spiro atoms. The Morgan fingerprint density at radius 2 is 2.36 bits per heavy atom. The zero-order valence-corrected chi connectivity index (χ0v) is 8.93. The van der Waals surface area contributed by atoms with Crippen LogP contribution in [-0.2, 0) is 0 Å². The summed E-state index contributed by atoms with van der Waals surface area (Å²) in [5.74, 6) is 0.129. The van der Waals surface area contributed by atoms with Crippen LogP contribution in [0, 0.1) is 6.92 Å². The molecule has 2 N–H and O–H groups in total. The van der Waals surface area contributed by atoms with E-state index in [4.69, 9.17) is 22.4 Å². The van der Waals surface area contributed by atoms with Gasteiger partial charge in [0.25, 0.3) is 5.91 Å². The van der Waals surface area contributed by atoms with Gasteiger partial charge >= 0.3 is 0 Å². The molecule has 0 unspecified atom stereocenters. The molecule has 0 radical (unpaired) electrons. The first kappa shape index (κ1) is 10.7. The third kappa shape index (κ3) is 2.32. The molecule has 0 fully saturated rings. The van der Waals surface area contributed by atoms with Gasteiger partial charge in [-0.25, -0.2) is 0 Å². The molecule has 0 aliphatic heterocycles. The summed E-state index contributed by atoms with van der Waals surface area (Å²) in [6.07, 6.45) is 1.48. The van der Waals surface area contributed by atoms with Crippen LogP contribution in [0.5, 0.6) is 0 Å². The maximum absolute atomic E-state index is 11.7. The van der Waals surface area contributed by atoms with Crippen LogP contribution < -0.4 is 5.73 Å². The second-order valence-electron chi connectivity index (χ2n) is 3.06. The van der Waals surface area contributed by atoms with E-state index < -0.39 is 0 Å². The van der Waals surface area contributed by atoms with E-state index in [0.717, 1.165) is 5.56 Å². The Hall–Kier alpha value is -1.36. The molecule has 0 atom stereocenters. The van der Waals surface area contributed by atoms with Gasteiger partial charge in [0.15, 0.2) is 5.76 Å². The molecule has 1 heterocycles. The molecular weight excluding hydrogens is 200 g/mol. The standard InChI is InChI=1S/C9H12N2O2S/c1-6-3-4-13-8(6)9(12)11(2)5-7(10)14/h3-4H,5H2,1-2H3,(H2,10,14). The first-order valence-corrected chi connectivity index (χ1v) is 4.51. The smallest absolute Gasteiger partial charge is 0.289 e. The minimum atomic E-state index is -0.208. The van der Waals surface area contributed by atoms with Crippen molar-refractivity contribution in [2.75, 3.05) is 13.6 Å². The lowest BCUT2D eigenvalue weighted by Crippen LogP contribution is -2.34. The molecule has 0 saturated carbocycles. The molecule has 76 valence electrons. The summed E-state index contributed by atoms with van der Waals surface area (Å²) in [7, 11) is 1.63. The molecule has 0 aromatic carbocycles. The van der Waals surface area contributed by atoms with E-state index in [1.165, 1.54) is 11.2 Å². The molecule has 1 amide bonds. The molecular formula is C9H12N2O2S. The summed E-state index contributed by atoms with van der Waals surface area (Å²) >= 11 is 4.71. The predicted octanol–water partition coefficient (Wildman–Crippen LogP) is 0.946. The molecule has 0 bridgehead atoms. The number of nitrogens with two attached hydrogens (primary N) is 1. The molecule has 1 rings (SSSR count). The number of carbonyl (C=O) groups is 1. The summed E-state index contributed by atoms with van der Waals surface area (Å²) in [5.41, 5.74) is 6.14. The highest BCUT2D eigenvalue weighted by Gasteiger charge is 2.17. The van der Waals surface area contributed by atoms with Gasteiger partial charge in [0.1, 0.15) is 0 Å². The number of furan rings is 1. The van der Waals surface area contributed by atoms with E-state index in [2.05, 4.69) is 0 Å². The first-order valence-electron chi connectivity index (χ1n) is 4.10. The normalized spacial score (nSPS) is 9.86. The van der Waals surface area contributed by atoms with Crippen molar-refractivity contribution in [3.63, 3.8) is 0 Å². The van der Waals surface area contributed by atoms with E-state index in [9.17, 15) is 4.79 Å². The Balaban J connectivity index is 2.76. The largest absolute Gasteiger partial charge is 0.459 e. The van der Waals surface area contributed by atoms with Gasteiger partial charge in [-0.15, -0.1) is 0 Å². The van der Waals surface area contributed by atoms with Crippen molar-refractivity contribution in [2.45, 2.75) is 6.92 Å². The molecule has 0 aliphatic carbocycles. The first-order chi connectivity index (χ1) is 6.52. The molecule has 0 aliphatic rings. The molecule has 1 aromatic rings. The van der Waals surface area contributed by atoms with E-state index >= 15 is 0 Å². The fraction of sp³-hybridized carbons (Fsp3) is 0.333. The van der Waals surface area contributed by atoms with Crippen LogP contribution in [-0.4, -0.2) is 29.4 Å². The quantitative estimate of drug-likeness (QED) is 0.758. The Morgan fingerprint density at radius 1 is 1.71 bits per heavy atom. The van der Waals surface area contributed by atoms with Crippen LogP contribution in [0.1, 0.15) is 16.1 Å². The third-order valence-corrected chi connectivity index (χ3v) is 1.93. The Bertz CT molecular complexity index is 359. The van der Waals surface area contributed by atoms with Crippen LogP contribution in [0.3, 0.4) is 0 Å². The van der Waals surface area contributed by atoms with Crippen molar-refractivity contribution >= 4 is 23.1 Å². The zero-order valence-electron chi connectivity index (χ0n) is 8.11. The van der Waals surface area contributed by atoms with Crippen LogP contribution in [0.4, 0.5) is 0 Å². The van der Waals surface area contributed by atoms with Gasteiger partial charge in [0.2, 0.25) is 0 Å². The number of aryl methyl sites for hydroxylation is 1. The van der Waals surface area contributed by atoms with Crippen LogP contribution in [0.2, 0.25) is 0 Å². The number of carbonyl (C=O) groups excluding carboxylic acids is 1. The number of nitrogens with zero attached hydrogens (tertiary/aromatic N) is 1. The molecule has 0 saturated heterocycles. The van der Waals surface area contributed by atoms with E-state index in [0.29, 0.717) is 5.76 Å². The summed E-state index contributed by atoms with van der Waals surface area (Å²) < 4.78 is 5.05. The number of rotatable bonds is 3. The van der Waals surface area contributed by atoms with Gasteiger partial charge in [-0.05, 0) is 13.0 Å². The number of hydrogen-bond acceptors (Lipinski definition) is 3. The second kappa shape index (κ2) is 4.23. The highest BCUT2D eigenvalue weighted by Crippen LogP contribution is 2.10. The van der Waals surface area contributed by atoms with Crippen LogP contribution >= 0.6 is 12.2 Å². The fourth-order valence-corrected chi connectivity index (χ4v) is 1.26. The summed E-state index contributed by atoms with van der Waals surface area (Å²) in [6.45, 7) is 2.07. The van der Waals surface area contributed by atoms with Gasteiger partial charge in [-0.3, -0.25) is 4.79 Å². The SMILES string of the molecule is Cc1ccoc1C(=O)N(C)CC(N)=S. The maximum atomic E-state index is 11.7. The third-order valence-electron chi connectivity index (χ3n) is 1.80.